The van der Waals surface area contributed by atoms with Gasteiger partial charge < -0.3 is 10.6 Å². The molecule has 1 unspecified atom stereocenters. The molecule has 14 heavy (non-hydrogen) atoms. The fourth-order valence-electron chi connectivity index (χ4n) is 1.77. The lowest BCUT2D eigenvalue weighted by Crippen LogP contribution is -2.17. The number of aromatic nitrogens is 1. The molecular formula is C11H17N3. The first kappa shape index (κ1) is 9.46. The van der Waals surface area contributed by atoms with E-state index in [0.717, 1.165) is 31.4 Å². The standard InChI is InChI=1S/C11H17N3/c1-9-2-5-13-11(6-9)14-8-10-3-4-12-7-10/h2,5-6,10,12H,3-4,7-8H2,1H3,(H,13,14). The van der Waals surface area contributed by atoms with Crippen LogP contribution in [0.2, 0.25) is 0 Å². The van der Waals surface area contributed by atoms with Crippen molar-refractivity contribution in [2.24, 2.45) is 5.92 Å². The van der Waals surface area contributed by atoms with Gasteiger partial charge in [-0.3, -0.25) is 0 Å². The molecule has 1 fully saturated rings. The number of aryl methyl sites for hydroxylation is 1. The Hall–Kier alpha value is -1.09. The zero-order valence-corrected chi connectivity index (χ0v) is 8.59. The summed E-state index contributed by atoms with van der Waals surface area (Å²) >= 11 is 0. The van der Waals surface area contributed by atoms with Crippen molar-refractivity contribution in [1.82, 2.24) is 10.3 Å². The molecule has 3 heteroatoms. The normalized spacial score (nSPS) is 21.1. The van der Waals surface area contributed by atoms with Gasteiger partial charge in [0, 0.05) is 12.7 Å². The molecule has 1 aromatic heterocycles. The molecule has 0 radical (unpaired) electrons. The van der Waals surface area contributed by atoms with E-state index in [2.05, 4.69) is 28.6 Å². The SMILES string of the molecule is Cc1ccnc(NCC2CCNC2)c1. The molecule has 2 N–H and O–H groups in total. The Balaban J connectivity index is 1.85. The van der Waals surface area contributed by atoms with Crippen molar-refractivity contribution >= 4 is 5.82 Å². The van der Waals surface area contributed by atoms with Crippen LogP contribution in [0.5, 0.6) is 0 Å². The molecule has 1 aliphatic heterocycles. The second-order valence-corrected chi connectivity index (χ2v) is 3.96. The van der Waals surface area contributed by atoms with E-state index in [0.29, 0.717) is 0 Å². The van der Waals surface area contributed by atoms with E-state index in [1.165, 1.54) is 12.0 Å². The van der Waals surface area contributed by atoms with Crippen molar-refractivity contribution in [2.75, 3.05) is 25.0 Å². The van der Waals surface area contributed by atoms with Crippen LogP contribution in [0, 0.1) is 12.8 Å². The van der Waals surface area contributed by atoms with E-state index in [1.807, 2.05) is 12.3 Å². The van der Waals surface area contributed by atoms with Crippen LogP contribution >= 0.6 is 0 Å². The number of hydrogen-bond acceptors (Lipinski definition) is 3. The molecule has 76 valence electrons. The molecule has 0 aromatic carbocycles. The van der Waals surface area contributed by atoms with Crippen molar-refractivity contribution in [3.63, 3.8) is 0 Å². The second-order valence-electron chi connectivity index (χ2n) is 3.96. The highest BCUT2D eigenvalue weighted by molar-refractivity contribution is 5.36. The first-order valence-electron chi connectivity index (χ1n) is 5.22. The van der Waals surface area contributed by atoms with Crippen molar-refractivity contribution in [1.29, 1.82) is 0 Å². The number of hydrogen-bond donors (Lipinski definition) is 2. The summed E-state index contributed by atoms with van der Waals surface area (Å²) in [4.78, 5) is 4.27. The Morgan fingerprint density at radius 3 is 3.29 bits per heavy atom. The lowest BCUT2D eigenvalue weighted by molar-refractivity contribution is 0.614. The van der Waals surface area contributed by atoms with Gasteiger partial charge in [-0.2, -0.15) is 0 Å². The van der Waals surface area contributed by atoms with Gasteiger partial charge in [-0.15, -0.1) is 0 Å². The van der Waals surface area contributed by atoms with Gasteiger partial charge in [0.1, 0.15) is 5.82 Å². The van der Waals surface area contributed by atoms with Crippen molar-refractivity contribution in [3.05, 3.63) is 23.9 Å². The average molecular weight is 191 g/mol. The maximum atomic E-state index is 4.27. The molecule has 1 aromatic rings. The minimum Gasteiger partial charge on any atom is -0.370 e. The summed E-state index contributed by atoms with van der Waals surface area (Å²) in [6.07, 6.45) is 3.13. The fourth-order valence-corrected chi connectivity index (χ4v) is 1.77. The Labute approximate surface area is 84.9 Å². The topological polar surface area (TPSA) is 37.0 Å². The number of nitrogens with zero attached hydrogens (tertiary/aromatic N) is 1. The summed E-state index contributed by atoms with van der Waals surface area (Å²) in [5, 5.41) is 6.74. The number of nitrogens with one attached hydrogen (secondary N) is 2. The predicted molar refractivity (Wildman–Crippen MR) is 58.4 cm³/mol. The monoisotopic (exact) mass is 191 g/mol. The molecule has 0 spiro atoms. The third-order valence-corrected chi connectivity index (χ3v) is 2.65. The molecule has 0 aliphatic carbocycles. The van der Waals surface area contributed by atoms with Gasteiger partial charge in [0.05, 0.1) is 0 Å². The van der Waals surface area contributed by atoms with Crippen LogP contribution in [0.3, 0.4) is 0 Å². The van der Waals surface area contributed by atoms with Crippen LogP contribution in [-0.2, 0) is 0 Å². The number of rotatable bonds is 3. The van der Waals surface area contributed by atoms with E-state index in [9.17, 15) is 0 Å². The summed E-state index contributed by atoms with van der Waals surface area (Å²) < 4.78 is 0. The third-order valence-electron chi connectivity index (χ3n) is 2.65. The average Bonchev–Trinajstić information content (AvgIpc) is 2.67. The Morgan fingerprint density at radius 1 is 1.64 bits per heavy atom. The summed E-state index contributed by atoms with van der Waals surface area (Å²) in [5.41, 5.74) is 1.26. The molecule has 0 saturated carbocycles. The number of pyridine rings is 1. The zero-order valence-electron chi connectivity index (χ0n) is 8.59. The Kier molecular flexibility index (Phi) is 2.99. The van der Waals surface area contributed by atoms with Crippen LogP contribution in [0.25, 0.3) is 0 Å². The number of anilines is 1. The highest BCUT2D eigenvalue weighted by Gasteiger charge is 2.13. The molecule has 0 bridgehead atoms. The molecule has 1 atom stereocenters. The Bertz CT molecular complexity index is 292. The summed E-state index contributed by atoms with van der Waals surface area (Å²) in [6, 6.07) is 4.10. The van der Waals surface area contributed by atoms with Gasteiger partial charge in [-0.1, -0.05) is 0 Å². The van der Waals surface area contributed by atoms with Gasteiger partial charge in [-0.25, -0.2) is 4.98 Å². The van der Waals surface area contributed by atoms with E-state index in [-0.39, 0.29) is 0 Å². The highest BCUT2D eigenvalue weighted by Crippen LogP contribution is 2.10. The molecule has 2 rings (SSSR count). The van der Waals surface area contributed by atoms with Crippen LogP contribution < -0.4 is 10.6 Å². The zero-order chi connectivity index (χ0) is 9.80. The lowest BCUT2D eigenvalue weighted by Gasteiger charge is -2.10. The molecule has 0 amide bonds. The van der Waals surface area contributed by atoms with Gasteiger partial charge in [0.2, 0.25) is 0 Å². The van der Waals surface area contributed by atoms with Gasteiger partial charge in [0.15, 0.2) is 0 Å². The van der Waals surface area contributed by atoms with Gasteiger partial charge >= 0.3 is 0 Å². The van der Waals surface area contributed by atoms with Crippen molar-refractivity contribution < 1.29 is 0 Å². The molecule has 1 aliphatic rings. The smallest absolute Gasteiger partial charge is 0.126 e. The van der Waals surface area contributed by atoms with Gasteiger partial charge in [0.25, 0.3) is 0 Å². The van der Waals surface area contributed by atoms with Crippen molar-refractivity contribution in [3.8, 4) is 0 Å². The summed E-state index contributed by atoms with van der Waals surface area (Å²) in [7, 11) is 0. The van der Waals surface area contributed by atoms with Crippen molar-refractivity contribution in [2.45, 2.75) is 13.3 Å². The fraction of sp³-hybridized carbons (Fsp3) is 0.545. The first-order valence-corrected chi connectivity index (χ1v) is 5.22. The first-order chi connectivity index (χ1) is 6.84. The molecule has 2 heterocycles. The van der Waals surface area contributed by atoms with E-state index in [1.54, 1.807) is 0 Å². The maximum absolute atomic E-state index is 4.27. The largest absolute Gasteiger partial charge is 0.370 e. The quantitative estimate of drug-likeness (QED) is 0.758. The minimum atomic E-state index is 0.761. The van der Waals surface area contributed by atoms with E-state index < -0.39 is 0 Å². The van der Waals surface area contributed by atoms with E-state index in [4.69, 9.17) is 0 Å². The second kappa shape index (κ2) is 4.42. The van der Waals surface area contributed by atoms with Crippen LogP contribution in [0.4, 0.5) is 5.82 Å². The summed E-state index contributed by atoms with van der Waals surface area (Å²) in [5.74, 6) is 1.76. The predicted octanol–water partition coefficient (Wildman–Crippen LogP) is 1.41. The lowest BCUT2D eigenvalue weighted by atomic mass is 10.1. The van der Waals surface area contributed by atoms with Gasteiger partial charge in [-0.05, 0) is 50.0 Å². The highest BCUT2D eigenvalue weighted by atomic mass is 15.0. The Morgan fingerprint density at radius 2 is 2.57 bits per heavy atom. The van der Waals surface area contributed by atoms with Crippen LogP contribution in [0.15, 0.2) is 18.3 Å². The minimum absolute atomic E-state index is 0.761. The molecule has 1 saturated heterocycles. The molecule has 3 nitrogen and oxygen atoms in total. The van der Waals surface area contributed by atoms with E-state index >= 15 is 0 Å². The third kappa shape index (κ3) is 2.45. The molecular weight excluding hydrogens is 174 g/mol. The van der Waals surface area contributed by atoms with Crippen LogP contribution in [-0.4, -0.2) is 24.6 Å². The summed E-state index contributed by atoms with van der Waals surface area (Å²) in [6.45, 7) is 5.42. The maximum Gasteiger partial charge on any atom is 0.126 e. The van der Waals surface area contributed by atoms with Crippen LogP contribution in [0.1, 0.15) is 12.0 Å².